The molecule has 1 aliphatic carbocycles. The van der Waals surface area contributed by atoms with Gasteiger partial charge in [0.2, 0.25) is 0 Å². The van der Waals surface area contributed by atoms with Gasteiger partial charge in [0.15, 0.2) is 11.6 Å². The number of hydrogen-bond donors (Lipinski definition) is 2. The number of benzene rings is 1. The van der Waals surface area contributed by atoms with E-state index in [1.54, 1.807) is 16.8 Å². The summed E-state index contributed by atoms with van der Waals surface area (Å²) in [6.45, 7) is 0. The van der Waals surface area contributed by atoms with E-state index in [-0.39, 0.29) is 5.75 Å². The number of nitrogens with two attached hydrogens (primary N) is 1. The topological polar surface area (TPSA) is 77.0 Å². The lowest BCUT2D eigenvalue weighted by atomic mass is 9.89. The van der Waals surface area contributed by atoms with E-state index < -0.39 is 0 Å². The zero-order valence-electron chi connectivity index (χ0n) is 11.7. The highest BCUT2D eigenvalue weighted by molar-refractivity contribution is 5.65. The quantitative estimate of drug-likeness (QED) is 0.651. The minimum atomic E-state index is 0.0877. The molecular weight excluding hydrogens is 252 g/mol. The van der Waals surface area contributed by atoms with Crippen LogP contribution in [-0.4, -0.2) is 19.9 Å². The number of hydrogen-bond acceptors (Lipinski definition) is 4. The summed E-state index contributed by atoms with van der Waals surface area (Å²) in [5, 5.41) is 14.3. The van der Waals surface area contributed by atoms with Gasteiger partial charge >= 0.3 is 0 Å². The maximum Gasteiger partial charge on any atom is 0.158 e. The minimum absolute atomic E-state index is 0.0877. The van der Waals surface area contributed by atoms with E-state index in [1.807, 2.05) is 13.1 Å². The van der Waals surface area contributed by atoms with Gasteiger partial charge in [0.25, 0.3) is 0 Å². The number of aryl methyl sites for hydroxylation is 1. The molecule has 0 saturated heterocycles. The van der Waals surface area contributed by atoms with Gasteiger partial charge in [-0.3, -0.25) is 0 Å². The molecule has 1 aromatic heterocycles. The molecule has 1 fully saturated rings. The molecule has 1 aliphatic rings. The van der Waals surface area contributed by atoms with Gasteiger partial charge in [-0.05, 0) is 31.0 Å². The number of rotatable bonds is 2. The van der Waals surface area contributed by atoms with Crippen molar-refractivity contribution in [3.05, 3.63) is 24.0 Å². The average Bonchev–Trinajstić information content (AvgIpc) is 2.85. The summed E-state index contributed by atoms with van der Waals surface area (Å²) in [6, 6.07) is 5.20. The normalized spacial score (nSPS) is 16.4. The van der Waals surface area contributed by atoms with E-state index >= 15 is 0 Å². The fourth-order valence-electron chi connectivity index (χ4n) is 2.87. The molecule has 1 saturated carbocycles. The Morgan fingerprint density at radius 2 is 2.00 bits per heavy atom. The van der Waals surface area contributed by atoms with Gasteiger partial charge in [-0.15, -0.1) is 0 Å². The Balaban J connectivity index is 1.93. The van der Waals surface area contributed by atoms with E-state index in [0.717, 1.165) is 17.2 Å². The van der Waals surface area contributed by atoms with Crippen LogP contribution in [0, 0.1) is 0 Å². The zero-order chi connectivity index (χ0) is 14.1. The van der Waals surface area contributed by atoms with Crippen molar-refractivity contribution in [1.82, 2.24) is 14.8 Å². The maximum atomic E-state index is 9.73. The van der Waals surface area contributed by atoms with Crippen molar-refractivity contribution < 1.29 is 5.11 Å². The smallest absolute Gasteiger partial charge is 0.158 e. The van der Waals surface area contributed by atoms with Crippen molar-refractivity contribution in [2.45, 2.75) is 38.0 Å². The summed E-state index contributed by atoms with van der Waals surface area (Å²) in [5.74, 6) is 2.27. The second-order valence-electron chi connectivity index (χ2n) is 5.53. The molecule has 106 valence electrons. The van der Waals surface area contributed by atoms with Crippen molar-refractivity contribution in [1.29, 1.82) is 0 Å². The molecule has 0 amide bonds. The van der Waals surface area contributed by atoms with E-state index in [2.05, 4.69) is 10.1 Å². The van der Waals surface area contributed by atoms with E-state index in [0.29, 0.717) is 11.6 Å². The van der Waals surface area contributed by atoms with E-state index in [1.165, 1.54) is 32.1 Å². The highest BCUT2D eigenvalue weighted by Gasteiger charge is 2.21. The largest absolute Gasteiger partial charge is 0.506 e. The Kier molecular flexibility index (Phi) is 3.34. The predicted octanol–water partition coefficient (Wildman–Crippen LogP) is 2.82. The van der Waals surface area contributed by atoms with Crippen LogP contribution in [0.15, 0.2) is 18.2 Å². The molecule has 1 heterocycles. The predicted molar refractivity (Wildman–Crippen MR) is 78.3 cm³/mol. The molecule has 0 radical (unpaired) electrons. The number of aromatic nitrogens is 3. The molecule has 3 N–H and O–H groups in total. The first-order valence-electron chi connectivity index (χ1n) is 7.15. The summed E-state index contributed by atoms with van der Waals surface area (Å²) in [7, 11) is 1.89. The molecular formula is C15H20N4O. The van der Waals surface area contributed by atoms with Gasteiger partial charge in [-0.25, -0.2) is 9.67 Å². The fraction of sp³-hybridized carbons (Fsp3) is 0.467. The third-order valence-electron chi connectivity index (χ3n) is 4.04. The molecule has 20 heavy (non-hydrogen) atoms. The van der Waals surface area contributed by atoms with Gasteiger partial charge in [0.1, 0.15) is 5.75 Å². The SMILES string of the molecule is Cn1nc(C2CCCCC2)nc1-c1ccc(N)c(O)c1. The van der Waals surface area contributed by atoms with Crippen molar-refractivity contribution in [2.24, 2.45) is 7.05 Å². The Labute approximate surface area is 118 Å². The van der Waals surface area contributed by atoms with Crippen molar-refractivity contribution in [3.63, 3.8) is 0 Å². The third kappa shape index (κ3) is 2.35. The van der Waals surface area contributed by atoms with Crippen LogP contribution in [0.1, 0.15) is 43.8 Å². The Morgan fingerprint density at radius 3 is 2.70 bits per heavy atom. The molecule has 5 nitrogen and oxygen atoms in total. The standard InChI is InChI=1S/C15H20N4O/c1-19-15(11-7-8-12(16)13(20)9-11)17-14(18-19)10-5-3-2-4-6-10/h7-10,20H,2-6,16H2,1H3. The minimum Gasteiger partial charge on any atom is -0.506 e. The molecule has 3 rings (SSSR count). The number of aromatic hydroxyl groups is 1. The lowest BCUT2D eigenvalue weighted by molar-refractivity contribution is 0.427. The molecule has 0 unspecified atom stereocenters. The average molecular weight is 272 g/mol. The van der Waals surface area contributed by atoms with E-state index in [4.69, 9.17) is 5.73 Å². The summed E-state index contributed by atoms with van der Waals surface area (Å²) >= 11 is 0. The van der Waals surface area contributed by atoms with E-state index in [9.17, 15) is 5.11 Å². The number of nitrogens with zero attached hydrogens (tertiary/aromatic N) is 3. The van der Waals surface area contributed by atoms with Gasteiger partial charge in [0.05, 0.1) is 5.69 Å². The lowest BCUT2D eigenvalue weighted by Gasteiger charge is -2.18. The van der Waals surface area contributed by atoms with Crippen molar-refractivity contribution in [2.75, 3.05) is 5.73 Å². The summed E-state index contributed by atoms with van der Waals surface area (Å²) in [4.78, 5) is 4.67. The van der Waals surface area contributed by atoms with Gasteiger partial charge < -0.3 is 10.8 Å². The van der Waals surface area contributed by atoms with Crippen LogP contribution in [0.3, 0.4) is 0 Å². The summed E-state index contributed by atoms with van der Waals surface area (Å²) < 4.78 is 1.79. The Bertz CT molecular complexity index is 614. The number of anilines is 1. The van der Waals surface area contributed by atoms with Crippen LogP contribution in [-0.2, 0) is 7.05 Å². The first kappa shape index (κ1) is 13.0. The first-order chi connectivity index (χ1) is 9.65. The van der Waals surface area contributed by atoms with Crippen LogP contribution in [0.2, 0.25) is 0 Å². The zero-order valence-corrected chi connectivity index (χ0v) is 11.7. The van der Waals surface area contributed by atoms with Gasteiger partial charge in [-0.2, -0.15) is 5.10 Å². The number of phenols is 1. The lowest BCUT2D eigenvalue weighted by Crippen LogP contribution is -2.06. The van der Waals surface area contributed by atoms with Crippen LogP contribution in [0.25, 0.3) is 11.4 Å². The molecule has 0 aliphatic heterocycles. The Hall–Kier alpha value is -2.04. The van der Waals surface area contributed by atoms with Gasteiger partial charge in [0, 0.05) is 18.5 Å². The van der Waals surface area contributed by atoms with Crippen molar-refractivity contribution in [3.8, 4) is 17.1 Å². The van der Waals surface area contributed by atoms with Crippen LogP contribution in [0.4, 0.5) is 5.69 Å². The highest BCUT2D eigenvalue weighted by atomic mass is 16.3. The fourth-order valence-corrected chi connectivity index (χ4v) is 2.87. The van der Waals surface area contributed by atoms with Crippen LogP contribution >= 0.6 is 0 Å². The first-order valence-corrected chi connectivity index (χ1v) is 7.15. The second-order valence-corrected chi connectivity index (χ2v) is 5.53. The van der Waals surface area contributed by atoms with Crippen molar-refractivity contribution >= 4 is 5.69 Å². The summed E-state index contributed by atoms with van der Waals surface area (Å²) in [6.07, 6.45) is 6.21. The molecule has 5 heteroatoms. The number of phenolic OH excluding ortho intramolecular Hbond substituents is 1. The third-order valence-corrected chi connectivity index (χ3v) is 4.04. The summed E-state index contributed by atoms with van der Waals surface area (Å²) in [5.41, 5.74) is 6.85. The monoisotopic (exact) mass is 272 g/mol. The molecule has 0 spiro atoms. The molecule has 1 aromatic carbocycles. The number of nitrogen functional groups attached to an aromatic ring is 1. The molecule has 2 aromatic rings. The highest BCUT2D eigenvalue weighted by Crippen LogP contribution is 2.32. The molecule has 0 bridgehead atoms. The van der Waals surface area contributed by atoms with Crippen LogP contribution in [0.5, 0.6) is 5.75 Å². The second kappa shape index (κ2) is 5.15. The van der Waals surface area contributed by atoms with Gasteiger partial charge in [-0.1, -0.05) is 19.3 Å². The molecule has 0 atom stereocenters. The maximum absolute atomic E-state index is 9.73. The Morgan fingerprint density at radius 1 is 1.25 bits per heavy atom. The van der Waals surface area contributed by atoms with Crippen LogP contribution < -0.4 is 5.73 Å².